The minimum Gasteiger partial charge on any atom is -0.497 e. The van der Waals surface area contributed by atoms with E-state index in [1.807, 2.05) is 42.5 Å². The van der Waals surface area contributed by atoms with E-state index in [1.165, 1.54) is 11.8 Å². The molecule has 5 heteroatoms. The van der Waals surface area contributed by atoms with Gasteiger partial charge in [0.25, 0.3) is 0 Å². The molecule has 0 heterocycles. The summed E-state index contributed by atoms with van der Waals surface area (Å²) in [4.78, 5) is 25.5. The van der Waals surface area contributed by atoms with Crippen molar-refractivity contribution < 1.29 is 19.1 Å². The maximum atomic E-state index is 12.4. The lowest BCUT2D eigenvalue weighted by Crippen LogP contribution is -2.25. The van der Waals surface area contributed by atoms with E-state index in [-0.39, 0.29) is 11.5 Å². The van der Waals surface area contributed by atoms with Crippen LogP contribution in [0.15, 0.2) is 71.6 Å². The van der Waals surface area contributed by atoms with Gasteiger partial charge in [-0.2, -0.15) is 0 Å². The normalized spacial score (nSPS) is 11.8. The second kappa shape index (κ2) is 8.73. The Balaban J connectivity index is 1.55. The molecule has 0 aliphatic rings. The minimum absolute atomic E-state index is 0.151. The van der Waals surface area contributed by atoms with Crippen LogP contribution in [0, 0.1) is 0 Å². The van der Waals surface area contributed by atoms with Crippen LogP contribution in [0.1, 0.15) is 17.3 Å². The van der Waals surface area contributed by atoms with Gasteiger partial charge in [-0.15, -0.1) is 11.8 Å². The van der Waals surface area contributed by atoms with Crippen LogP contribution in [0.3, 0.4) is 0 Å². The van der Waals surface area contributed by atoms with Crippen LogP contribution in [0.25, 0.3) is 10.8 Å². The standard InChI is InChI=1S/C22H20O4S/c1-15(22(24)17-7-10-19(25-2)11-8-17)26-21(23)14-27-20-12-9-16-5-3-4-6-18(16)13-20/h3-13,15H,14H2,1-2H3/t15-/m1/s1. The monoisotopic (exact) mass is 380 g/mol. The third kappa shape index (κ3) is 4.89. The number of hydrogen-bond donors (Lipinski definition) is 0. The van der Waals surface area contributed by atoms with Crippen molar-refractivity contribution in [3.63, 3.8) is 0 Å². The average molecular weight is 380 g/mol. The second-order valence-corrected chi connectivity index (χ2v) is 7.07. The molecule has 0 fully saturated rings. The van der Waals surface area contributed by atoms with Crippen LogP contribution < -0.4 is 4.74 Å². The zero-order chi connectivity index (χ0) is 19.2. The van der Waals surface area contributed by atoms with Gasteiger partial charge < -0.3 is 9.47 Å². The Morgan fingerprint density at radius 2 is 1.67 bits per heavy atom. The van der Waals surface area contributed by atoms with Gasteiger partial charge >= 0.3 is 5.97 Å². The molecule has 0 aliphatic heterocycles. The predicted molar refractivity (Wildman–Crippen MR) is 108 cm³/mol. The third-order valence-corrected chi connectivity index (χ3v) is 5.10. The van der Waals surface area contributed by atoms with E-state index in [1.54, 1.807) is 38.3 Å². The first kappa shape index (κ1) is 19.0. The molecule has 27 heavy (non-hydrogen) atoms. The fraction of sp³-hybridized carbons (Fsp3) is 0.182. The lowest BCUT2D eigenvalue weighted by molar-refractivity contribution is -0.143. The summed E-state index contributed by atoms with van der Waals surface area (Å²) in [5.74, 6) is 0.172. The summed E-state index contributed by atoms with van der Waals surface area (Å²) in [5.41, 5.74) is 0.485. The number of carbonyl (C=O) groups is 2. The van der Waals surface area contributed by atoms with Gasteiger partial charge in [-0.25, -0.2) is 0 Å². The van der Waals surface area contributed by atoms with Gasteiger partial charge in [0.2, 0.25) is 5.78 Å². The van der Waals surface area contributed by atoms with Crippen molar-refractivity contribution >= 4 is 34.3 Å². The molecule has 3 aromatic rings. The number of benzene rings is 3. The molecular weight excluding hydrogens is 360 g/mol. The first-order valence-electron chi connectivity index (χ1n) is 8.56. The van der Waals surface area contributed by atoms with Crippen molar-refractivity contribution in [1.82, 2.24) is 0 Å². The van der Waals surface area contributed by atoms with Crippen molar-refractivity contribution in [2.24, 2.45) is 0 Å². The minimum atomic E-state index is -0.830. The van der Waals surface area contributed by atoms with Crippen molar-refractivity contribution in [1.29, 1.82) is 0 Å². The maximum Gasteiger partial charge on any atom is 0.316 e. The number of carbonyl (C=O) groups excluding carboxylic acids is 2. The quantitative estimate of drug-likeness (QED) is 0.336. The summed E-state index contributed by atoms with van der Waals surface area (Å²) in [7, 11) is 1.56. The molecule has 0 saturated heterocycles. The molecule has 0 saturated carbocycles. The highest BCUT2D eigenvalue weighted by Crippen LogP contribution is 2.24. The van der Waals surface area contributed by atoms with E-state index >= 15 is 0 Å². The predicted octanol–water partition coefficient (Wildman–Crippen LogP) is 4.76. The third-order valence-electron chi connectivity index (χ3n) is 4.13. The van der Waals surface area contributed by atoms with Crippen LogP contribution in [0.2, 0.25) is 0 Å². The summed E-state index contributed by atoms with van der Waals surface area (Å²) in [6, 6.07) is 20.8. The molecule has 138 valence electrons. The Bertz CT molecular complexity index is 950. The number of methoxy groups -OCH3 is 1. The van der Waals surface area contributed by atoms with Crippen molar-refractivity contribution in [2.45, 2.75) is 17.9 Å². The number of rotatable bonds is 7. The van der Waals surface area contributed by atoms with Crippen molar-refractivity contribution in [3.8, 4) is 5.75 Å². The van der Waals surface area contributed by atoms with E-state index in [0.717, 1.165) is 15.7 Å². The molecule has 3 rings (SSSR count). The van der Waals surface area contributed by atoms with Crippen molar-refractivity contribution in [3.05, 3.63) is 72.3 Å². The number of hydrogen-bond acceptors (Lipinski definition) is 5. The van der Waals surface area contributed by atoms with Gasteiger partial charge in [-0.3, -0.25) is 9.59 Å². The number of esters is 1. The molecule has 0 bridgehead atoms. The molecule has 3 aromatic carbocycles. The number of fused-ring (bicyclic) bond motifs is 1. The molecule has 0 amide bonds. The fourth-order valence-corrected chi connectivity index (χ4v) is 3.40. The van der Waals surface area contributed by atoms with Crippen LogP contribution in [0.4, 0.5) is 0 Å². The summed E-state index contributed by atoms with van der Waals surface area (Å²) in [6.45, 7) is 1.59. The molecular formula is C22H20O4S. The van der Waals surface area contributed by atoms with E-state index in [4.69, 9.17) is 9.47 Å². The van der Waals surface area contributed by atoms with E-state index in [0.29, 0.717) is 11.3 Å². The lowest BCUT2D eigenvalue weighted by atomic mass is 10.1. The SMILES string of the molecule is COc1ccc(C(=O)[C@@H](C)OC(=O)CSc2ccc3ccccc3c2)cc1. The smallest absolute Gasteiger partial charge is 0.316 e. The molecule has 0 unspecified atom stereocenters. The maximum absolute atomic E-state index is 12.4. The highest BCUT2D eigenvalue weighted by atomic mass is 32.2. The van der Waals surface area contributed by atoms with Gasteiger partial charge in [-0.1, -0.05) is 30.3 Å². The Labute approximate surface area is 162 Å². The van der Waals surface area contributed by atoms with Crippen LogP contribution >= 0.6 is 11.8 Å². The number of ketones is 1. The second-order valence-electron chi connectivity index (χ2n) is 6.02. The molecule has 0 N–H and O–H groups in total. The Morgan fingerprint density at radius 3 is 2.37 bits per heavy atom. The lowest BCUT2D eigenvalue weighted by Gasteiger charge is -2.12. The number of thioether (sulfide) groups is 1. The van der Waals surface area contributed by atoms with E-state index in [9.17, 15) is 9.59 Å². The molecule has 0 aromatic heterocycles. The Morgan fingerprint density at radius 1 is 0.963 bits per heavy atom. The number of Topliss-reactive ketones (excluding diaryl/α,β-unsaturated/α-hetero) is 1. The average Bonchev–Trinajstić information content (AvgIpc) is 2.71. The van der Waals surface area contributed by atoms with Crippen LogP contribution in [-0.2, 0) is 9.53 Å². The molecule has 0 spiro atoms. The molecule has 0 radical (unpaired) electrons. The first-order chi connectivity index (χ1) is 13.1. The number of ether oxygens (including phenoxy) is 2. The highest BCUT2D eigenvalue weighted by molar-refractivity contribution is 8.00. The van der Waals surface area contributed by atoms with Gasteiger partial charge in [0.1, 0.15) is 5.75 Å². The fourth-order valence-electron chi connectivity index (χ4n) is 2.67. The summed E-state index contributed by atoms with van der Waals surface area (Å²) >= 11 is 1.40. The summed E-state index contributed by atoms with van der Waals surface area (Å²) in [5, 5.41) is 2.28. The van der Waals surface area contributed by atoms with Crippen LogP contribution in [0.5, 0.6) is 5.75 Å². The Hall–Kier alpha value is -2.79. The van der Waals surface area contributed by atoms with Crippen LogP contribution in [-0.4, -0.2) is 30.7 Å². The highest BCUT2D eigenvalue weighted by Gasteiger charge is 2.19. The molecule has 4 nitrogen and oxygen atoms in total. The van der Waals surface area contributed by atoms with Crippen molar-refractivity contribution in [2.75, 3.05) is 12.9 Å². The molecule has 0 aliphatic carbocycles. The zero-order valence-electron chi connectivity index (χ0n) is 15.2. The van der Waals surface area contributed by atoms with E-state index in [2.05, 4.69) is 0 Å². The summed E-state index contributed by atoms with van der Waals surface area (Å²) < 4.78 is 10.4. The Kier molecular flexibility index (Phi) is 6.14. The largest absolute Gasteiger partial charge is 0.497 e. The topological polar surface area (TPSA) is 52.6 Å². The molecule has 1 atom stereocenters. The van der Waals surface area contributed by atoms with Gasteiger partial charge in [0.15, 0.2) is 6.10 Å². The summed E-state index contributed by atoms with van der Waals surface area (Å²) in [6.07, 6.45) is -0.830. The van der Waals surface area contributed by atoms with Gasteiger partial charge in [-0.05, 0) is 54.1 Å². The van der Waals surface area contributed by atoms with E-state index < -0.39 is 12.1 Å². The van der Waals surface area contributed by atoms with Gasteiger partial charge in [0.05, 0.1) is 12.9 Å². The first-order valence-corrected chi connectivity index (χ1v) is 9.55. The zero-order valence-corrected chi connectivity index (χ0v) is 16.0. The van der Waals surface area contributed by atoms with Gasteiger partial charge in [0, 0.05) is 10.5 Å².